The summed E-state index contributed by atoms with van der Waals surface area (Å²) in [6, 6.07) is 0. The molecule has 4 aliphatic carbocycles. The molecule has 0 spiro atoms. The monoisotopic (exact) mass is 432 g/mol. The molecular formula is C24H32O7. The van der Waals surface area contributed by atoms with Crippen LogP contribution in [0.25, 0.3) is 0 Å². The Morgan fingerprint density at radius 2 is 1.97 bits per heavy atom. The Hall–Kier alpha value is -1.99. The third-order valence-corrected chi connectivity index (χ3v) is 8.69. The van der Waals surface area contributed by atoms with Crippen LogP contribution >= 0.6 is 0 Å². The van der Waals surface area contributed by atoms with E-state index in [1.54, 1.807) is 19.1 Å². The first-order valence-corrected chi connectivity index (χ1v) is 11.2. The lowest BCUT2D eigenvalue weighted by molar-refractivity contribution is -0.178. The van der Waals surface area contributed by atoms with Gasteiger partial charge in [0, 0.05) is 16.7 Å². The van der Waals surface area contributed by atoms with Gasteiger partial charge in [-0.25, -0.2) is 4.79 Å². The summed E-state index contributed by atoms with van der Waals surface area (Å²) in [5.74, 6) is -0.433. The topological polar surface area (TPSA) is 110 Å². The molecule has 2 N–H and O–H groups in total. The molecule has 0 aromatic rings. The van der Waals surface area contributed by atoms with Gasteiger partial charge in [0.15, 0.2) is 12.4 Å². The molecule has 7 nitrogen and oxygen atoms in total. The molecule has 170 valence electrons. The predicted molar refractivity (Wildman–Crippen MR) is 111 cm³/mol. The quantitative estimate of drug-likeness (QED) is 0.657. The summed E-state index contributed by atoms with van der Waals surface area (Å²) in [6.45, 7) is 5.21. The number of hydrogen-bond acceptors (Lipinski definition) is 7. The summed E-state index contributed by atoms with van der Waals surface area (Å²) in [7, 11) is 0. The Kier molecular flexibility index (Phi) is 5.41. The molecule has 0 saturated heterocycles. The van der Waals surface area contributed by atoms with E-state index in [0.717, 1.165) is 18.4 Å². The van der Waals surface area contributed by atoms with E-state index >= 15 is 0 Å². The Balaban J connectivity index is 1.60. The summed E-state index contributed by atoms with van der Waals surface area (Å²) in [6.07, 6.45) is 6.40. The highest BCUT2D eigenvalue weighted by atomic mass is 16.7. The summed E-state index contributed by atoms with van der Waals surface area (Å²) in [4.78, 5) is 36.4. The molecule has 31 heavy (non-hydrogen) atoms. The number of hydrogen-bond donors (Lipinski definition) is 2. The number of aliphatic hydroxyl groups is 2. The molecule has 3 saturated carbocycles. The maximum atomic E-state index is 13.0. The van der Waals surface area contributed by atoms with Crippen LogP contribution in [0.1, 0.15) is 52.9 Å². The van der Waals surface area contributed by atoms with Crippen molar-refractivity contribution in [3.63, 3.8) is 0 Å². The smallest absolute Gasteiger partial charge is 0.435 e. The molecule has 4 rings (SSSR count). The van der Waals surface area contributed by atoms with Crippen molar-refractivity contribution in [2.45, 2.75) is 64.6 Å². The van der Waals surface area contributed by atoms with E-state index in [1.165, 1.54) is 0 Å². The standard InChI is InChI=1S/C24H32O7/c1-4-30-21(28)31-13-19(27)24(29)10-8-17-16-6-5-14-11-15(25)7-9-22(14,2)20(16)18(26)12-23(17,24)3/h7,9,11,16-18,20,26,29H,4-6,8,10,12-13H2,1-3H3/t16-,17-,18-,20+,22?,23-,24-/m0/s1. The van der Waals surface area contributed by atoms with E-state index in [0.29, 0.717) is 6.42 Å². The van der Waals surface area contributed by atoms with Crippen LogP contribution in [0.4, 0.5) is 4.79 Å². The van der Waals surface area contributed by atoms with Crippen LogP contribution in [0.2, 0.25) is 0 Å². The summed E-state index contributed by atoms with van der Waals surface area (Å²) in [5.41, 5.74) is -1.80. The number of ether oxygens (including phenoxy) is 2. The Bertz CT molecular complexity index is 860. The normalized spacial score (nSPS) is 43.4. The maximum absolute atomic E-state index is 13.0. The molecule has 0 radical (unpaired) electrons. The highest BCUT2D eigenvalue weighted by molar-refractivity contribution is 6.01. The number of rotatable bonds is 4. The van der Waals surface area contributed by atoms with E-state index in [4.69, 9.17) is 9.47 Å². The van der Waals surface area contributed by atoms with Crippen molar-refractivity contribution in [3.05, 3.63) is 23.8 Å². The van der Waals surface area contributed by atoms with Gasteiger partial charge in [-0.2, -0.15) is 0 Å². The average Bonchev–Trinajstić information content (AvgIpc) is 2.98. The van der Waals surface area contributed by atoms with E-state index in [2.05, 4.69) is 6.92 Å². The number of Topliss-reactive ketones (excluding diaryl/α,β-unsaturated/α-hetero) is 1. The average molecular weight is 433 g/mol. The Labute approximate surface area is 182 Å². The van der Waals surface area contributed by atoms with Crippen molar-refractivity contribution in [2.75, 3.05) is 13.2 Å². The first-order chi connectivity index (χ1) is 14.6. The summed E-state index contributed by atoms with van der Waals surface area (Å²) < 4.78 is 9.60. The number of allylic oxidation sites excluding steroid dienone is 4. The van der Waals surface area contributed by atoms with E-state index in [1.807, 2.05) is 13.0 Å². The largest absolute Gasteiger partial charge is 0.508 e. The minimum absolute atomic E-state index is 0.0106. The first kappa shape index (κ1) is 22.2. The van der Waals surface area contributed by atoms with Gasteiger partial charge >= 0.3 is 6.16 Å². The molecule has 0 heterocycles. The molecule has 4 aliphatic rings. The first-order valence-electron chi connectivity index (χ1n) is 11.2. The SMILES string of the molecule is CCOC(=O)OCC(=O)[C@@]1(O)CC[C@H]2[C@@H]3CCC4=CC(=O)C=CC4(C)[C@H]3[C@@H](O)C[C@@]21C. The van der Waals surface area contributed by atoms with Crippen molar-refractivity contribution >= 4 is 17.7 Å². The zero-order valence-corrected chi connectivity index (χ0v) is 18.4. The van der Waals surface area contributed by atoms with Crippen LogP contribution in [0.5, 0.6) is 0 Å². The lowest BCUT2D eigenvalue weighted by atomic mass is 9.46. The van der Waals surface area contributed by atoms with Gasteiger partial charge in [-0.3, -0.25) is 9.59 Å². The highest BCUT2D eigenvalue weighted by Gasteiger charge is 2.68. The second-order valence-corrected chi connectivity index (χ2v) is 10.0. The summed E-state index contributed by atoms with van der Waals surface area (Å²) >= 11 is 0. The number of carbonyl (C=O) groups is 3. The molecule has 3 fully saturated rings. The number of aliphatic hydroxyl groups excluding tert-OH is 1. The second-order valence-electron chi connectivity index (χ2n) is 10.0. The zero-order chi connectivity index (χ0) is 22.6. The van der Waals surface area contributed by atoms with E-state index in [-0.39, 0.29) is 43.0 Å². The van der Waals surface area contributed by atoms with E-state index < -0.39 is 41.1 Å². The minimum atomic E-state index is -1.66. The van der Waals surface area contributed by atoms with Crippen LogP contribution in [-0.2, 0) is 19.1 Å². The molecule has 1 unspecified atom stereocenters. The zero-order valence-electron chi connectivity index (χ0n) is 18.4. The van der Waals surface area contributed by atoms with Gasteiger partial charge in [0.1, 0.15) is 5.60 Å². The van der Waals surface area contributed by atoms with Crippen LogP contribution in [0.3, 0.4) is 0 Å². The third kappa shape index (κ3) is 3.20. The molecule has 7 atom stereocenters. The molecule has 0 amide bonds. The van der Waals surface area contributed by atoms with Gasteiger partial charge in [0.05, 0.1) is 12.7 Å². The van der Waals surface area contributed by atoms with Crippen molar-refractivity contribution in [3.8, 4) is 0 Å². The molecule has 0 aromatic heterocycles. The highest BCUT2D eigenvalue weighted by Crippen LogP contribution is 2.67. The van der Waals surface area contributed by atoms with E-state index in [9.17, 15) is 24.6 Å². The van der Waals surface area contributed by atoms with Crippen LogP contribution in [0, 0.1) is 28.6 Å². The Morgan fingerprint density at radius 1 is 1.23 bits per heavy atom. The minimum Gasteiger partial charge on any atom is -0.435 e. The molecule has 0 aromatic carbocycles. The van der Waals surface area contributed by atoms with Gasteiger partial charge < -0.3 is 19.7 Å². The number of ketones is 2. The van der Waals surface area contributed by atoms with Gasteiger partial charge in [-0.15, -0.1) is 0 Å². The van der Waals surface area contributed by atoms with Gasteiger partial charge in [-0.05, 0) is 63.0 Å². The predicted octanol–water partition coefficient (Wildman–Crippen LogP) is 2.74. The van der Waals surface area contributed by atoms with Crippen molar-refractivity contribution in [1.82, 2.24) is 0 Å². The van der Waals surface area contributed by atoms with Crippen molar-refractivity contribution in [1.29, 1.82) is 0 Å². The number of carbonyl (C=O) groups excluding carboxylic acids is 3. The van der Waals surface area contributed by atoms with Crippen LogP contribution in [0.15, 0.2) is 23.8 Å². The lowest BCUT2D eigenvalue weighted by Gasteiger charge is -2.59. The second kappa shape index (κ2) is 7.55. The lowest BCUT2D eigenvalue weighted by Crippen LogP contribution is -2.61. The van der Waals surface area contributed by atoms with Gasteiger partial charge in [0.25, 0.3) is 0 Å². The number of fused-ring (bicyclic) bond motifs is 5. The fourth-order valence-corrected chi connectivity index (χ4v) is 7.19. The molecular weight excluding hydrogens is 400 g/mol. The van der Waals surface area contributed by atoms with Crippen LogP contribution < -0.4 is 0 Å². The summed E-state index contributed by atoms with van der Waals surface area (Å²) in [5, 5.41) is 22.8. The fraction of sp³-hybridized carbons (Fsp3) is 0.708. The fourth-order valence-electron chi connectivity index (χ4n) is 7.19. The van der Waals surface area contributed by atoms with Crippen molar-refractivity contribution < 1.29 is 34.1 Å². The van der Waals surface area contributed by atoms with Crippen molar-refractivity contribution in [2.24, 2.45) is 28.6 Å². The molecule has 0 bridgehead atoms. The third-order valence-electron chi connectivity index (χ3n) is 8.69. The van der Waals surface area contributed by atoms with Gasteiger partial charge in [-0.1, -0.05) is 25.5 Å². The Morgan fingerprint density at radius 3 is 2.68 bits per heavy atom. The molecule has 0 aliphatic heterocycles. The maximum Gasteiger partial charge on any atom is 0.508 e. The van der Waals surface area contributed by atoms with Gasteiger partial charge in [0.2, 0.25) is 5.78 Å². The van der Waals surface area contributed by atoms with Crippen LogP contribution in [-0.4, -0.2) is 52.9 Å². The molecule has 7 heteroatoms.